The van der Waals surface area contributed by atoms with Crippen LogP contribution in [0.15, 0.2) is 24.3 Å². The Morgan fingerprint density at radius 2 is 1.86 bits per heavy atom. The largest absolute Gasteiger partial charge is 0.466 e. The summed E-state index contributed by atoms with van der Waals surface area (Å²) in [5, 5.41) is 0.510. The molecule has 1 aromatic carbocycles. The lowest BCUT2D eigenvalue weighted by molar-refractivity contribution is -0.144. The molecule has 1 aromatic rings. The molecule has 0 heterocycles. The van der Waals surface area contributed by atoms with E-state index >= 15 is 0 Å². The van der Waals surface area contributed by atoms with E-state index in [9.17, 15) is 9.59 Å². The SMILES string of the molecule is CC(C)CCCOC(=O)CCCC(=O)Oc1cccc(Cl)c1. The van der Waals surface area contributed by atoms with Crippen LogP contribution >= 0.6 is 11.6 Å². The second kappa shape index (κ2) is 10.2. The van der Waals surface area contributed by atoms with Gasteiger partial charge in [0.2, 0.25) is 0 Å². The topological polar surface area (TPSA) is 52.6 Å². The summed E-state index contributed by atoms with van der Waals surface area (Å²) in [5.74, 6) is 0.378. The van der Waals surface area contributed by atoms with Crippen LogP contribution in [0.25, 0.3) is 0 Å². The van der Waals surface area contributed by atoms with E-state index in [1.54, 1.807) is 24.3 Å². The Hall–Kier alpha value is -1.55. The molecule has 4 nitrogen and oxygen atoms in total. The number of hydrogen-bond donors (Lipinski definition) is 0. The highest BCUT2D eigenvalue weighted by atomic mass is 35.5. The molecule has 0 aromatic heterocycles. The second-order valence-electron chi connectivity index (χ2n) is 5.54. The highest BCUT2D eigenvalue weighted by Crippen LogP contribution is 2.17. The summed E-state index contributed by atoms with van der Waals surface area (Å²) < 4.78 is 10.2. The van der Waals surface area contributed by atoms with Crippen LogP contribution in [0.5, 0.6) is 5.75 Å². The molecule has 0 fully saturated rings. The van der Waals surface area contributed by atoms with Crippen LogP contribution in [-0.2, 0) is 14.3 Å². The number of ether oxygens (including phenoxy) is 2. The van der Waals surface area contributed by atoms with Gasteiger partial charge in [-0.05, 0) is 43.4 Å². The summed E-state index contributed by atoms with van der Waals surface area (Å²) >= 11 is 5.80. The van der Waals surface area contributed by atoms with Gasteiger partial charge in [-0.1, -0.05) is 31.5 Å². The quantitative estimate of drug-likeness (QED) is 0.383. The monoisotopic (exact) mass is 326 g/mol. The maximum Gasteiger partial charge on any atom is 0.311 e. The van der Waals surface area contributed by atoms with E-state index in [1.807, 2.05) is 0 Å². The van der Waals surface area contributed by atoms with Gasteiger partial charge in [-0.15, -0.1) is 0 Å². The minimum Gasteiger partial charge on any atom is -0.466 e. The molecule has 0 radical (unpaired) electrons. The molecule has 0 spiro atoms. The van der Waals surface area contributed by atoms with Crippen molar-refractivity contribution in [1.29, 1.82) is 0 Å². The van der Waals surface area contributed by atoms with Crippen LogP contribution in [-0.4, -0.2) is 18.5 Å². The van der Waals surface area contributed by atoms with Gasteiger partial charge in [0.05, 0.1) is 6.61 Å². The third-order valence-electron chi connectivity index (χ3n) is 2.98. The summed E-state index contributed by atoms with van der Waals surface area (Å²) in [6.07, 6.45) is 2.74. The molecule has 5 heteroatoms. The van der Waals surface area contributed by atoms with Crippen LogP contribution in [0.3, 0.4) is 0 Å². The van der Waals surface area contributed by atoms with Gasteiger partial charge >= 0.3 is 11.9 Å². The van der Waals surface area contributed by atoms with Gasteiger partial charge in [0.1, 0.15) is 5.75 Å². The maximum atomic E-state index is 11.6. The third-order valence-corrected chi connectivity index (χ3v) is 3.21. The van der Waals surface area contributed by atoms with Gasteiger partial charge in [-0.3, -0.25) is 9.59 Å². The molecular weight excluding hydrogens is 304 g/mol. The maximum absolute atomic E-state index is 11.6. The summed E-state index contributed by atoms with van der Waals surface area (Å²) in [4.78, 5) is 23.1. The van der Waals surface area contributed by atoms with E-state index in [1.165, 1.54) is 0 Å². The van der Waals surface area contributed by atoms with E-state index in [-0.39, 0.29) is 24.8 Å². The fourth-order valence-electron chi connectivity index (χ4n) is 1.84. The zero-order chi connectivity index (χ0) is 16.4. The molecule has 0 unspecified atom stereocenters. The molecule has 0 aliphatic heterocycles. The number of halogens is 1. The minimum absolute atomic E-state index is 0.174. The van der Waals surface area contributed by atoms with Gasteiger partial charge in [0, 0.05) is 17.9 Å². The van der Waals surface area contributed by atoms with Crippen molar-refractivity contribution in [3.63, 3.8) is 0 Å². The fourth-order valence-corrected chi connectivity index (χ4v) is 2.02. The van der Waals surface area contributed by atoms with E-state index in [0.717, 1.165) is 12.8 Å². The Morgan fingerprint density at radius 3 is 2.55 bits per heavy atom. The summed E-state index contributed by atoms with van der Waals surface area (Å²) in [6.45, 7) is 4.71. The van der Waals surface area contributed by atoms with Gasteiger partial charge in [0.25, 0.3) is 0 Å². The highest BCUT2D eigenvalue weighted by Gasteiger charge is 2.08. The molecule has 0 aliphatic carbocycles. The van der Waals surface area contributed by atoms with E-state index < -0.39 is 0 Å². The van der Waals surface area contributed by atoms with Crippen LogP contribution in [0, 0.1) is 5.92 Å². The fraction of sp³-hybridized carbons (Fsp3) is 0.529. The summed E-state index contributed by atoms with van der Waals surface area (Å²) in [7, 11) is 0. The Morgan fingerprint density at radius 1 is 1.14 bits per heavy atom. The Bertz CT molecular complexity index is 485. The molecule has 0 N–H and O–H groups in total. The van der Waals surface area contributed by atoms with E-state index in [4.69, 9.17) is 21.1 Å². The van der Waals surface area contributed by atoms with E-state index in [2.05, 4.69) is 13.8 Å². The first-order valence-corrected chi connectivity index (χ1v) is 7.97. The van der Waals surface area contributed by atoms with E-state index in [0.29, 0.717) is 29.7 Å². The van der Waals surface area contributed by atoms with Crippen LogP contribution in [0.2, 0.25) is 5.02 Å². The molecule has 0 bridgehead atoms. The molecule has 122 valence electrons. The summed E-state index contributed by atoms with van der Waals surface area (Å²) in [6, 6.07) is 6.64. The lowest BCUT2D eigenvalue weighted by Crippen LogP contribution is -2.10. The predicted octanol–water partition coefficient (Wildman–Crippen LogP) is 4.40. The van der Waals surface area contributed by atoms with Gasteiger partial charge in [-0.25, -0.2) is 0 Å². The van der Waals surface area contributed by atoms with Crippen LogP contribution in [0.4, 0.5) is 0 Å². The first-order chi connectivity index (χ1) is 10.5. The number of hydrogen-bond acceptors (Lipinski definition) is 4. The molecule has 0 amide bonds. The molecule has 1 rings (SSSR count). The average Bonchev–Trinajstić information content (AvgIpc) is 2.43. The lowest BCUT2D eigenvalue weighted by atomic mass is 10.1. The predicted molar refractivity (Wildman–Crippen MR) is 86.0 cm³/mol. The lowest BCUT2D eigenvalue weighted by Gasteiger charge is -2.07. The van der Waals surface area contributed by atoms with Crippen LogP contribution < -0.4 is 4.74 Å². The number of carbonyl (C=O) groups is 2. The van der Waals surface area contributed by atoms with Gasteiger partial charge < -0.3 is 9.47 Å². The van der Waals surface area contributed by atoms with Crippen molar-refractivity contribution in [2.24, 2.45) is 5.92 Å². The molecule has 0 saturated carbocycles. The zero-order valence-electron chi connectivity index (χ0n) is 13.1. The molecule has 22 heavy (non-hydrogen) atoms. The van der Waals surface area contributed by atoms with Crippen molar-refractivity contribution >= 4 is 23.5 Å². The van der Waals surface area contributed by atoms with Crippen molar-refractivity contribution in [3.05, 3.63) is 29.3 Å². The Labute approximate surface area is 136 Å². The number of benzene rings is 1. The van der Waals surface area contributed by atoms with Crippen molar-refractivity contribution in [2.75, 3.05) is 6.61 Å². The third kappa shape index (κ3) is 8.67. The molecule has 0 saturated heterocycles. The van der Waals surface area contributed by atoms with Crippen molar-refractivity contribution < 1.29 is 19.1 Å². The Balaban J connectivity index is 2.13. The number of carbonyl (C=O) groups excluding carboxylic acids is 2. The second-order valence-corrected chi connectivity index (χ2v) is 5.98. The average molecular weight is 327 g/mol. The van der Waals surface area contributed by atoms with Crippen molar-refractivity contribution in [1.82, 2.24) is 0 Å². The number of rotatable bonds is 9. The van der Waals surface area contributed by atoms with Crippen molar-refractivity contribution in [3.8, 4) is 5.75 Å². The Kier molecular flexibility index (Phi) is 8.60. The molecule has 0 aliphatic rings. The zero-order valence-corrected chi connectivity index (χ0v) is 13.9. The van der Waals surface area contributed by atoms with Gasteiger partial charge in [-0.2, -0.15) is 0 Å². The summed E-state index contributed by atoms with van der Waals surface area (Å²) in [5.41, 5.74) is 0. The first-order valence-electron chi connectivity index (χ1n) is 7.59. The first kappa shape index (κ1) is 18.5. The standard InChI is InChI=1S/C17H23ClO4/c1-13(2)6-5-11-21-16(19)9-4-10-17(20)22-15-8-3-7-14(18)12-15/h3,7-8,12-13H,4-6,9-11H2,1-2H3. The van der Waals surface area contributed by atoms with Crippen LogP contribution in [0.1, 0.15) is 46.0 Å². The highest BCUT2D eigenvalue weighted by molar-refractivity contribution is 6.30. The minimum atomic E-state index is -0.380. The smallest absolute Gasteiger partial charge is 0.311 e. The normalized spacial score (nSPS) is 10.5. The molecule has 0 atom stereocenters. The van der Waals surface area contributed by atoms with Gasteiger partial charge in [0.15, 0.2) is 0 Å². The molecular formula is C17H23ClO4. The van der Waals surface area contributed by atoms with Crippen molar-refractivity contribution in [2.45, 2.75) is 46.0 Å². The number of esters is 2.